The maximum Gasteiger partial charge on any atom is 0.259 e. The second-order valence-electron chi connectivity index (χ2n) is 6.02. The number of benzene rings is 3. The fourth-order valence-corrected chi connectivity index (χ4v) is 2.74. The Balaban J connectivity index is 1.81. The lowest BCUT2D eigenvalue weighted by Gasteiger charge is -2.14. The van der Waals surface area contributed by atoms with Crippen LogP contribution in [0.1, 0.15) is 17.3 Å². The first-order valence-electron chi connectivity index (χ1n) is 9.17. The van der Waals surface area contributed by atoms with Crippen LogP contribution in [0.4, 0.5) is 5.69 Å². The highest BCUT2D eigenvalue weighted by atomic mass is 16.5. The summed E-state index contributed by atoms with van der Waals surface area (Å²) in [5.41, 5.74) is 0.902. The van der Waals surface area contributed by atoms with Gasteiger partial charge in [-0.2, -0.15) is 0 Å². The average molecular weight is 393 g/mol. The van der Waals surface area contributed by atoms with Gasteiger partial charge in [0.05, 0.1) is 32.1 Å². The van der Waals surface area contributed by atoms with Gasteiger partial charge in [0.15, 0.2) is 5.75 Å². The predicted octanol–water partition coefficient (Wildman–Crippen LogP) is 5.15. The number of carbonyl (C=O) groups is 1. The first kappa shape index (κ1) is 20.1. The van der Waals surface area contributed by atoms with Gasteiger partial charge in [0.1, 0.15) is 23.0 Å². The number of amides is 1. The molecule has 0 heterocycles. The number of methoxy groups -OCH3 is 2. The van der Waals surface area contributed by atoms with E-state index in [0.717, 1.165) is 5.75 Å². The number of carbonyl (C=O) groups excluding carboxylic acids is 1. The van der Waals surface area contributed by atoms with Crippen LogP contribution in [0.5, 0.6) is 28.7 Å². The van der Waals surface area contributed by atoms with Gasteiger partial charge in [-0.3, -0.25) is 4.79 Å². The molecule has 3 aromatic rings. The summed E-state index contributed by atoms with van der Waals surface area (Å²) in [7, 11) is 3.06. The van der Waals surface area contributed by atoms with Crippen LogP contribution >= 0.6 is 0 Å². The van der Waals surface area contributed by atoms with Crippen molar-refractivity contribution in [2.45, 2.75) is 6.92 Å². The van der Waals surface area contributed by atoms with Crippen molar-refractivity contribution in [3.05, 3.63) is 72.3 Å². The summed E-state index contributed by atoms with van der Waals surface area (Å²) in [5, 5.41) is 2.88. The third-order valence-electron chi connectivity index (χ3n) is 4.15. The number of hydrogen-bond acceptors (Lipinski definition) is 5. The smallest absolute Gasteiger partial charge is 0.259 e. The third-order valence-corrected chi connectivity index (χ3v) is 4.15. The van der Waals surface area contributed by atoms with Crippen LogP contribution in [0.15, 0.2) is 66.7 Å². The minimum atomic E-state index is -0.330. The molecule has 1 N–H and O–H groups in total. The summed E-state index contributed by atoms with van der Waals surface area (Å²) < 4.78 is 21.9. The molecule has 0 aliphatic heterocycles. The SMILES string of the molecule is CCOc1ccc(Oc2ccccc2NC(=O)c2cc(OC)ccc2OC)cc1. The van der Waals surface area contributed by atoms with E-state index in [1.165, 1.54) is 7.11 Å². The van der Waals surface area contributed by atoms with Gasteiger partial charge in [0, 0.05) is 0 Å². The Morgan fingerprint density at radius 2 is 1.52 bits per heavy atom. The second-order valence-corrected chi connectivity index (χ2v) is 6.02. The number of rotatable bonds is 8. The zero-order valence-corrected chi connectivity index (χ0v) is 16.6. The van der Waals surface area contributed by atoms with Gasteiger partial charge in [0.2, 0.25) is 0 Å². The molecular weight excluding hydrogens is 370 g/mol. The van der Waals surface area contributed by atoms with Crippen LogP contribution < -0.4 is 24.3 Å². The van der Waals surface area contributed by atoms with Gasteiger partial charge in [-0.15, -0.1) is 0 Å². The van der Waals surface area contributed by atoms with Crippen LogP contribution in [0.2, 0.25) is 0 Å². The molecule has 0 fully saturated rings. The van der Waals surface area contributed by atoms with Crippen LogP contribution in [0.25, 0.3) is 0 Å². The van der Waals surface area contributed by atoms with E-state index in [1.807, 2.05) is 43.3 Å². The van der Waals surface area contributed by atoms with E-state index in [1.54, 1.807) is 37.4 Å². The molecule has 0 aromatic heterocycles. The summed E-state index contributed by atoms with van der Waals surface area (Å²) in [5.74, 6) is 2.61. The third kappa shape index (κ3) is 4.99. The molecule has 3 rings (SSSR count). The van der Waals surface area contributed by atoms with Crippen LogP contribution in [-0.4, -0.2) is 26.7 Å². The van der Waals surface area contributed by atoms with Crippen molar-refractivity contribution in [2.75, 3.05) is 26.1 Å². The van der Waals surface area contributed by atoms with Crippen molar-refractivity contribution in [1.82, 2.24) is 0 Å². The van der Waals surface area contributed by atoms with Crippen molar-refractivity contribution in [3.8, 4) is 28.7 Å². The molecule has 0 saturated heterocycles. The summed E-state index contributed by atoms with van der Waals surface area (Å²) in [6, 6.07) is 19.6. The van der Waals surface area contributed by atoms with E-state index in [9.17, 15) is 4.79 Å². The van der Waals surface area contributed by atoms with Gasteiger partial charge >= 0.3 is 0 Å². The monoisotopic (exact) mass is 393 g/mol. The van der Waals surface area contributed by atoms with E-state index in [0.29, 0.717) is 40.9 Å². The van der Waals surface area contributed by atoms with Crippen molar-refractivity contribution < 1.29 is 23.7 Å². The minimum Gasteiger partial charge on any atom is -0.497 e. The molecule has 0 aliphatic carbocycles. The van der Waals surface area contributed by atoms with E-state index in [2.05, 4.69) is 5.32 Å². The molecular formula is C23H23NO5. The van der Waals surface area contributed by atoms with E-state index in [4.69, 9.17) is 18.9 Å². The Labute approximate surface area is 170 Å². The van der Waals surface area contributed by atoms with Gasteiger partial charge in [-0.25, -0.2) is 0 Å². The van der Waals surface area contributed by atoms with Crippen LogP contribution in [0, 0.1) is 0 Å². The molecule has 0 aliphatic rings. The van der Waals surface area contributed by atoms with E-state index in [-0.39, 0.29) is 5.91 Å². The fraction of sp³-hybridized carbons (Fsp3) is 0.174. The largest absolute Gasteiger partial charge is 0.497 e. The number of nitrogens with one attached hydrogen (secondary N) is 1. The van der Waals surface area contributed by atoms with Crippen molar-refractivity contribution in [2.24, 2.45) is 0 Å². The molecule has 6 nitrogen and oxygen atoms in total. The molecule has 3 aromatic carbocycles. The highest BCUT2D eigenvalue weighted by Gasteiger charge is 2.16. The second kappa shape index (κ2) is 9.50. The minimum absolute atomic E-state index is 0.330. The summed E-state index contributed by atoms with van der Waals surface area (Å²) in [6.07, 6.45) is 0. The van der Waals surface area contributed by atoms with E-state index < -0.39 is 0 Å². The van der Waals surface area contributed by atoms with E-state index >= 15 is 0 Å². The summed E-state index contributed by atoms with van der Waals surface area (Å²) in [4.78, 5) is 12.9. The number of ether oxygens (including phenoxy) is 4. The van der Waals surface area contributed by atoms with Crippen molar-refractivity contribution >= 4 is 11.6 Å². The molecule has 29 heavy (non-hydrogen) atoms. The standard InChI is InChI=1S/C23H23NO5/c1-4-28-16-9-11-17(12-10-16)29-22-8-6-5-7-20(22)24-23(25)19-15-18(26-2)13-14-21(19)27-3/h5-15H,4H2,1-3H3,(H,24,25). The average Bonchev–Trinajstić information content (AvgIpc) is 2.76. The fourth-order valence-electron chi connectivity index (χ4n) is 2.74. The number of para-hydroxylation sites is 2. The lowest BCUT2D eigenvalue weighted by atomic mass is 10.1. The van der Waals surface area contributed by atoms with Gasteiger partial charge < -0.3 is 24.3 Å². The maximum absolute atomic E-state index is 12.9. The molecule has 6 heteroatoms. The topological polar surface area (TPSA) is 66.0 Å². The van der Waals surface area contributed by atoms with Gasteiger partial charge in [0.25, 0.3) is 5.91 Å². The van der Waals surface area contributed by atoms with Crippen molar-refractivity contribution in [1.29, 1.82) is 0 Å². The molecule has 0 atom stereocenters. The molecule has 0 spiro atoms. The molecule has 0 unspecified atom stereocenters. The van der Waals surface area contributed by atoms with Crippen LogP contribution in [-0.2, 0) is 0 Å². The first-order chi connectivity index (χ1) is 14.1. The Morgan fingerprint density at radius 3 is 2.21 bits per heavy atom. The van der Waals surface area contributed by atoms with Crippen molar-refractivity contribution in [3.63, 3.8) is 0 Å². The normalized spacial score (nSPS) is 10.2. The lowest BCUT2D eigenvalue weighted by molar-refractivity contribution is 0.102. The molecule has 0 saturated carbocycles. The summed E-state index contributed by atoms with van der Waals surface area (Å²) in [6.45, 7) is 2.53. The number of anilines is 1. The Morgan fingerprint density at radius 1 is 0.828 bits per heavy atom. The van der Waals surface area contributed by atoms with Gasteiger partial charge in [-0.05, 0) is 61.5 Å². The molecule has 0 bridgehead atoms. The highest BCUT2D eigenvalue weighted by molar-refractivity contribution is 6.07. The predicted molar refractivity (Wildman–Crippen MR) is 112 cm³/mol. The van der Waals surface area contributed by atoms with Gasteiger partial charge in [-0.1, -0.05) is 12.1 Å². The quantitative estimate of drug-likeness (QED) is 0.573. The zero-order valence-electron chi connectivity index (χ0n) is 16.6. The summed E-state index contributed by atoms with van der Waals surface area (Å²) >= 11 is 0. The molecule has 150 valence electrons. The lowest BCUT2D eigenvalue weighted by Crippen LogP contribution is -2.14. The Kier molecular flexibility index (Phi) is 6.58. The zero-order chi connectivity index (χ0) is 20.6. The Hall–Kier alpha value is -3.67. The van der Waals surface area contributed by atoms with Crippen LogP contribution in [0.3, 0.4) is 0 Å². The number of hydrogen-bond donors (Lipinski definition) is 1. The highest BCUT2D eigenvalue weighted by Crippen LogP contribution is 2.32. The molecule has 0 radical (unpaired) electrons. The molecule has 1 amide bonds. The Bertz CT molecular complexity index is 969. The maximum atomic E-state index is 12.9. The first-order valence-corrected chi connectivity index (χ1v) is 9.17.